The molecule has 0 fully saturated rings. The van der Waals surface area contributed by atoms with Crippen molar-refractivity contribution in [2.45, 2.75) is 232 Å². The van der Waals surface area contributed by atoms with Crippen LogP contribution in [0.1, 0.15) is 226 Å². The fraction of sp³-hybridized carbons (Fsp3) is 0.745. The summed E-state index contributed by atoms with van der Waals surface area (Å²) in [5, 5.41) is 0. The molecule has 0 spiro atoms. The van der Waals surface area contributed by atoms with Crippen LogP contribution in [-0.2, 0) is 28.6 Å². The number of ether oxygens (including phenoxy) is 3. The Balaban J connectivity index is 4.30. The number of allylic oxidation sites excluding steroid dienone is 10. The Bertz CT molecular complexity index is 1050. The smallest absolute Gasteiger partial charge is 0.306 e. The lowest BCUT2D eigenvalue weighted by atomic mass is 10.1. The minimum absolute atomic E-state index is 0.0820. The molecule has 0 aromatic carbocycles. The molecular weight excluding hydrogens is 709 g/mol. The van der Waals surface area contributed by atoms with Crippen molar-refractivity contribution in [3.8, 4) is 0 Å². The molecule has 0 saturated heterocycles. The molecule has 0 heterocycles. The summed E-state index contributed by atoms with van der Waals surface area (Å²) in [6.07, 6.45) is 55.0. The molecule has 0 saturated carbocycles. The first-order valence-electron chi connectivity index (χ1n) is 23.8. The van der Waals surface area contributed by atoms with E-state index in [1.165, 1.54) is 83.5 Å². The summed E-state index contributed by atoms with van der Waals surface area (Å²) in [4.78, 5) is 37.7. The maximum absolute atomic E-state index is 12.7. The predicted molar refractivity (Wildman–Crippen MR) is 242 cm³/mol. The third-order valence-electron chi connectivity index (χ3n) is 10.0. The second kappa shape index (κ2) is 45.8. The summed E-state index contributed by atoms with van der Waals surface area (Å²) in [5.74, 6) is -0.913. The molecule has 0 N–H and O–H groups in total. The number of hydrogen-bond donors (Lipinski definition) is 0. The van der Waals surface area contributed by atoms with Crippen LogP contribution in [0.2, 0.25) is 0 Å². The second-order valence-corrected chi connectivity index (χ2v) is 15.6. The third kappa shape index (κ3) is 44.1. The molecule has 6 heteroatoms. The quantitative estimate of drug-likeness (QED) is 0.0265. The molecule has 0 rings (SSSR count). The average molecular weight is 797 g/mol. The van der Waals surface area contributed by atoms with E-state index >= 15 is 0 Å². The highest BCUT2D eigenvalue weighted by atomic mass is 16.6. The van der Waals surface area contributed by atoms with Gasteiger partial charge in [-0.1, -0.05) is 184 Å². The van der Waals surface area contributed by atoms with Gasteiger partial charge in [0, 0.05) is 19.3 Å². The van der Waals surface area contributed by atoms with Gasteiger partial charge < -0.3 is 14.2 Å². The maximum Gasteiger partial charge on any atom is 0.306 e. The number of hydrogen-bond acceptors (Lipinski definition) is 6. The van der Waals surface area contributed by atoms with Crippen LogP contribution in [-0.4, -0.2) is 37.2 Å². The molecule has 1 unspecified atom stereocenters. The van der Waals surface area contributed by atoms with Crippen molar-refractivity contribution >= 4 is 17.9 Å². The van der Waals surface area contributed by atoms with Crippen molar-refractivity contribution in [1.82, 2.24) is 0 Å². The summed E-state index contributed by atoms with van der Waals surface area (Å²) >= 11 is 0. The molecule has 328 valence electrons. The number of carbonyl (C=O) groups is 3. The Hall–Kier alpha value is -2.89. The van der Waals surface area contributed by atoms with Gasteiger partial charge in [-0.3, -0.25) is 14.4 Å². The molecule has 0 bridgehead atoms. The normalized spacial score (nSPS) is 12.5. The van der Waals surface area contributed by atoms with Crippen molar-refractivity contribution in [2.24, 2.45) is 0 Å². The molecule has 0 aliphatic rings. The molecule has 0 aliphatic carbocycles. The number of esters is 3. The lowest BCUT2D eigenvalue weighted by Gasteiger charge is -2.18. The lowest BCUT2D eigenvalue weighted by Crippen LogP contribution is -2.30. The summed E-state index contributed by atoms with van der Waals surface area (Å²) in [6.45, 7) is 6.44. The Kier molecular flexibility index (Phi) is 43.5. The van der Waals surface area contributed by atoms with Gasteiger partial charge in [0.15, 0.2) is 6.10 Å². The van der Waals surface area contributed by atoms with E-state index in [1.54, 1.807) is 0 Å². The Morgan fingerprint density at radius 1 is 0.368 bits per heavy atom. The summed E-state index contributed by atoms with van der Waals surface area (Å²) in [6, 6.07) is 0. The minimum Gasteiger partial charge on any atom is -0.462 e. The standard InChI is InChI=1S/C51H88O6/c1-4-7-10-13-16-18-20-22-23-24-25-26-27-29-30-32-35-38-41-44-50(53)56-47-48(46-55-49(52)43-40-37-34-15-12-9-6-3)57-51(54)45-42-39-36-33-31-28-21-19-17-14-11-8-5-2/h7,10,16,18-19,21-23,25-26,48H,4-6,8-9,11-15,17,20,24,27-47H2,1-3H3/b10-7-,18-16-,21-19-,23-22-,26-25-. The van der Waals surface area contributed by atoms with Gasteiger partial charge in [-0.05, 0) is 83.5 Å². The first-order chi connectivity index (χ1) is 28.0. The maximum atomic E-state index is 12.7. The van der Waals surface area contributed by atoms with E-state index in [-0.39, 0.29) is 31.1 Å². The largest absolute Gasteiger partial charge is 0.462 e. The second-order valence-electron chi connectivity index (χ2n) is 15.6. The van der Waals surface area contributed by atoms with Crippen molar-refractivity contribution in [3.05, 3.63) is 60.8 Å². The van der Waals surface area contributed by atoms with E-state index in [1.807, 2.05) is 0 Å². The van der Waals surface area contributed by atoms with Crippen molar-refractivity contribution in [2.75, 3.05) is 13.2 Å². The monoisotopic (exact) mass is 797 g/mol. The zero-order chi connectivity index (χ0) is 41.5. The zero-order valence-electron chi connectivity index (χ0n) is 37.3. The topological polar surface area (TPSA) is 78.9 Å². The van der Waals surface area contributed by atoms with E-state index in [9.17, 15) is 14.4 Å². The summed E-state index contributed by atoms with van der Waals surface area (Å²) in [7, 11) is 0. The van der Waals surface area contributed by atoms with Crippen LogP contribution in [0.4, 0.5) is 0 Å². The van der Waals surface area contributed by atoms with Gasteiger partial charge >= 0.3 is 17.9 Å². The van der Waals surface area contributed by atoms with E-state index in [0.29, 0.717) is 19.3 Å². The van der Waals surface area contributed by atoms with Gasteiger partial charge in [0.25, 0.3) is 0 Å². The van der Waals surface area contributed by atoms with Crippen LogP contribution < -0.4 is 0 Å². The van der Waals surface area contributed by atoms with Crippen LogP contribution in [0.3, 0.4) is 0 Å². The van der Waals surface area contributed by atoms with Gasteiger partial charge in [0.05, 0.1) is 0 Å². The van der Waals surface area contributed by atoms with Crippen molar-refractivity contribution in [1.29, 1.82) is 0 Å². The highest BCUT2D eigenvalue weighted by molar-refractivity contribution is 5.71. The molecule has 0 radical (unpaired) electrons. The van der Waals surface area contributed by atoms with Crippen LogP contribution >= 0.6 is 0 Å². The van der Waals surface area contributed by atoms with E-state index in [4.69, 9.17) is 14.2 Å². The molecule has 57 heavy (non-hydrogen) atoms. The Morgan fingerprint density at radius 3 is 1.11 bits per heavy atom. The number of unbranched alkanes of at least 4 members (excludes halogenated alkanes) is 21. The molecule has 0 aromatic heterocycles. The highest BCUT2D eigenvalue weighted by Gasteiger charge is 2.19. The molecule has 0 aromatic rings. The number of carbonyl (C=O) groups excluding carboxylic acids is 3. The molecule has 1 atom stereocenters. The SMILES string of the molecule is CC/C=C\C/C=C\C/C=C\C/C=C\CCCCCCCCC(=O)OCC(COC(=O)CCCCCCCCC)OC(=O)CCCCCCC/C=C\CCCCCC. The van der Waals surface area contributed by atoms with E-state index in [2.05, 4.69) is 81.5 Å². The molecule has 0 amide bonds. The number of rotatable bonds is 42. The minimum atomic E-state index is -0.779. The summed E-state index contributed by atoms with van der Waals surface area (Å²) in [5.41, 5.74) is 0. The third-order valence-corrected chi connectivity index (χ3v) is 10.0. The first kappa shape index (κ1) is 54.1. The molecule has 0 aliphatic heterocycles. The van der Waals surface area contributed by atoms with Gasteiger partial charge in [-0.15, -0.1) is 0 Å². The average Bonchev–Trinajstić information content (AvgIpc) is 3.21. The van der Waals surface area contributed by atoms with Gasteiger partial charge in [-0.2, -0.15) is 0 Å². The Labute approximate surface area is 351 Å². The zero-order valence-corrected chi connectivity index (χ0v) is 37.3. The van der Waals surface area contributed by atoms with Crippen molar-refractivity contribution in [3.63, 3.8) is 0 Å². The van der Waals surface area contributed by atoms with E-state index < -0.39 is 6.10 Å². The van der Waals surface area contributed by atoms with Crippen LogP contribution in [0.15, 0.2) is 60.8 Å². The van der Waals surface area contributed by atoms with Gasteiger partial charge in [0.2, 0.25) is 0 Å². The van der Waals surface area contributed by atoms with Crippen LogP contribution in [0.5, 0.6) is 0 Å². The summed E-state index contributed by atoms with van der Waals surface area (Å²) < 4.78 is 16.7. The molecule has 6 nitrogen and oxygen atoms in total. The molecular formula is C51H88O6. The van der Waals surface area contributed by atoms with Crippen LogP contribution in [0.25, 0.3) is 0 Å². The fourth-order valence-corrected chi connectivity index (χ4v) is 6.43. The first-order valence-corrected chi connectivity index (χ1v) is 23.8. The van der Waals surface area contributed by atoms with Gasteiger partial charge in [-0.25, -0.2) is 0 Å². The van der Waals surface area contributed by atoms with Crippen LogP contribution in [0, 0.1) is 0 Å². The highest BCUT2D eigenvalue weighted by Crippen LogP contribution is 2.13. The van der Waals surface area contributed by atoms with Crippen molar-refractivity contribution < 1.29 is 28.6 Å². The Morgan fingerprint density at radius 2 is 0.684 bits per heavy atom. The van der Waals surface area contributed by atoms with E-state index in [0.717, 1.165) is 103 Å². The van der Waals surface area contributed by atoms with Gasteiger partial charge in [0.1, 0.15) is 13.2 Å². The predicted octanol–water partition coefficient (Wildman–Crippen LogP) is 15.3. The fourth-order valence-electron chi connectivity index (χ4n) is 6.43. The lowest BCUT2D eigenvalue weighted by molar-refractivity contribution is -0.167.